The van der Waals surface area contributed by atoms with Crippen LogP contribution in [-0.4, -0.2) is 44.5 Å². The first-order chi connectivity index (χ1) is 15.8. The Morgan fingerprint density at radius 3 is 2.12 bits per heavy atom. The molecular weight excluding hydrogens is 424 g/mol. The van der Waals surface area contributed by atoms with Crippen LogP contribution in [-0.2, 0) is 4.74 Å². The molecule has 3 aromatic carbocycles. The van der Waals surface area contributed by atoms with E-state index in [1.807, 2.05) is 30.3 Å². The molecule has 2 N–H and O–H groups in total. The Balaban J connectivity index is 0.000000205. The standard InChI is InChI=1S/C16H14N2O2.C9H8O4/c1-2-20-16(19)15-9-10-18(17-15)14-8-7-12-5-3-4-6-13(12)11-14;1-5-2-6(8(10)11)4-7(3-5)9(12)13/h3-11H,2H2,1H3;2-4H,1H3,(H,10,11)(H,12,13). The summed E-state index contributed by atoms with van der Waals surface area (Å²) >= 11 is 0. The van der Waals surface area contributed by atoms with Gasteiger partial charge in [0.1, 0.15) is 0 Å². The van der Waals surface area contributed by atoms with Crippen molar-refractivity contribution in [2.45, 2.75) is 13.8 Å². The second-order valence-electron chi connectivity index (χ2n) is 7.10. The first-order valence-corrected chi connectivity index (χ1v) is 10.1. The zero-order chi connectivity index (χ0) is 24.0. The van der Waals surface area contributed by atoms with Crippen molar-refractivity contribution in [3.63, 3.8) is 0 Å². The second-order valence-corrected chi connectivity index (χ2v) is 7.10. The average molecular weight is 446 g/mol. The van der Waals surface area contributed by atoms with Gasteiger partial charge in [-0.1, -0.05) is 30.3 Å². The maximum absolute atomic E-state index is 11.6. The van der Waals surface area contributed by atoms with Crippen molar-refractivity contribution in [1.82, 2.24) is 9.78 Å². The zero-order valence-electron chi connectivity index (χ0n) is 18.1. The third-order valence-corrected chi connectivity index (χ3v) is 4.64. The Labute approximate surface area is 189 Å². The van der Waals surface area contributed by atoms with Gasteiger partial charge in [-0.05, 0) is 66.6 Å². The number of carboxylic acid groups (broad SMARTS) is 2. The molecule has 4 aromatic rings. The number of aryl methyl sites for hydroxylation is 1. The number of aromatic nitrogens is 2. The van der Waals surface area contributed by atoms with Crippen molar-refractivity contribution in [1.29, 1.82) is 0 Å². The normalized spacial score (nSPS) is 10.2. The van der Waals surface area contributed by atoms with Gasteiger partial charge in [0.05, 0.1) is 23.4 Å². The number of hydrogen-bond donors (Lipinski definition) is 2. The molecule has 0 saturated carbocycles. The molecule has 0 aliphatic rings. The van der Waals surface area contributed by atoms with Crippen LogP contribution in [0.15, 0.2) is 72.9 Å². The zero-order valence-corrected chi connectivity index (χ0v) is 18.1. The minimum Gasteiger partial charge on any atom is -0.478 e. The molecule has 0 aliphatic carbocycles. The van der Waals surface area contributed by atoms with Gasteiger partial charge in [-0.25, -0.2) is 19.1 Å². The third kappa shape index (κ3) is 5.82. The van der Waals surface area contributed by atoms with Crippen LogP contribution < -0.4 is 0 Å². The Hall–Kier alpha value is -4.46. The molecule has 0 amide bonds. The lowest BCUT2D eigenvalue weighted by molar-refractivity contribution is 0.0518. The number of benzene rings is 3. The van der Waals surface area contributed by atoms with Crippen LogP contribution in [0.4, 0.5) is 0 Å². The van der Waals surface area contributed by atoms with E-state index in [4.69, 9.17) is 14.9 Å². The first-order valence-electron chi connectivity index (χ1n) is 10.1. The molecular formula is C25H22N2O6. The van der Waals surface area contributed by atoms with Gasteiger partial charge in [0.25, 0.3) is 0 Å². The molecule has 4 rings (SSSR count). The molecule has 0 aliphatic heterocycles. The molecule has 33 heavy (non-hydrogen) atoms. The average Bonchev–Trinajstić information content (AvgIpc) is 3.29. The molecule has 0 atom stereocenters. The van der Waals surface area contributed by atoms with E-state index in [1.54, 1.807) is 30.8 Å². The smallest absolute Gasteiger partial charge is 0.358 e. The number of fused-ring (bicyclic) bond motifs is 1. The summed E-state index contributed by atoms with van der Waals surface area (Å²) in [4.78, 5) is 32.7. The molecule has 0 saturated heterocycles. The minimum atomic E-state index is -1.12. The predicted octanol–water partition coefficient (Wildman–Crippen LogP) is 4.59. The molecule has 0 radical (unpaired) electrons. The second kappa shape index (κ2) is 10.2. The van der Waals surface area contributed by atoms with Gasteiger partial charge in [0.15, 0.2) is 5.69 Å². The molecule has 8 heteroatoms. The lowest BCUT2D eigenvalue weighted by Crippen LogP contribution is -2.06. The highest BCUT2D eigenvalue weighted by atomic mass is 16.5. The molecule has 8 nitrogen and oxygen atoms in total. The van der Waals surface area contributed by atoms with Gasteiger partial charge in [0.2, 0.25) is 0 Å². The molecule has 0 bridgehead atoms. The summed E-state index contributed by atoms with van der Waals surface area (Å²) in [7, 11) is 0. The van der Waals surface area contributed by atoms with Gasteiger partial charge in [-0.3, -0.25) is 0 Å². The number of carbonyl (C=O) groups excluding carboxylic acids is 1. The summed E-state index contributed by atoms with van der Waals surface area (Å²) in [6.07, 6.45) is 1.76. The van der Waals surface area contributed by atoms with Crippen LogP contribution in [0.1, 0.15) is 43.7 Å². The van der Waals surface area contributed by atoms with Crippen LogP contribution in [0.5, 0.6) is 0 Å². The monoisotopic (exact) mass is 446 g/mol. The molecule has 1 heterocycles. The number of carboxylic acids is 2. The van der Waals surface area contributed by atoms with E-state index in [9.17, 15) is 14.4 Å². The van der Waals surface area contributed by atoms with Crippen molar-refractivity contribution in [2.24, 2.45) is 0 Å². The number of ether oxygens (including phenoxy) is 1. The number of esters is 1. The van der Waals surface area contributed by atoms with E-state index >= 15 is 0 Å². The van der Waals surface area contributed by atoms with Gasteiger partial charge in [-0.2, -0.15) is 5.10 Å². The summed E-state index contributed by atoms with van der Waals surface area (Å²) in [5.41, 5.74) is 1.85. The number of hydrogen-bond acceptors (Lipinski definition) is 5. The number of aromatic carboxylic acids is 2. The molecule has 0 spiro atoms. The van der Waals surface area contributed by atoms with Gasteiger partial charge in [-0.15, -0.1) is 0 Å². The fraction of sp³-hybridized carbons (Fsp3) is 0.120. The van der Waals surface area contributed by atoms with E-state index in [-0.39, 0.29) is 11.1 Å². The van der Waals surface area contributed by atoms with Gasteiger partial charge >= 0.3 is 17.9 Å². The Morgan fingerprint density at radius 1 is 0.879 bits per heavy atom. The van der Waals surface area contributed by atoms with Gasteiger partial charge in [0, 0.05) is 6.20 Å². The Bertz CT molecular complexity index is 1290. The van der Waals surface area contributed by atoms with Crippen LogP contribution in [0.3, 0.4) is 0 Å². The van der Waals surface area contributed by atoms with Crippen LogP contribution in [0, 0.1) is 6.92 Å². The number of nitrogens with zero attached hydrogens (tertiary/aromatic N) is 2. The van der Waals surface area contributed by atoms with E-state index in [0.717, 1.165) is 17.1 Å². The third-order valence-electron chi connectivity index (χ3n) is 4.64. The van der Waals surface area contributed by atoms with Crippen molar-refractivity contribution in [2.75, 3.05) is 6.61 Å². The first kappa shape index (κ1) is 23.2. The fourth-order valence-corrected chi connectivity index (χ4v) is 3.13. The van der Waals surface area contributed by atoms with Crippen LogP contribution in [0.2, 0.25) is 0 Å². The van der Waals surface area contributed by atoms with Crippen molar-refractivity contribution in [3.8, 4) is 5.69 Å². The summed E-state index contributed by atoms with van der Waals surface area (Å²) in [6.45, 7) is 3.78. The molecule has 0 fully saturated rings. The SMILES string of the molecule is CCOC(=O)c1ccn(-c2ccc3ccccc3c2)n1.Cc1cc(C(=O)O)cc(C(=O)O)c1. The van der Waals surface area contributed by atoms with E-state index < -0.39 is 17.9 Å². The maximum Gasteiger partial charge on any atom is 0.358 e. The summed E-state index contributed by atoms with van der Waals surface area (Å²) in [5.74, 6) is -2.63. The highest BCUT2D eigenvalue weighted by Gasteiger charge is 2.11. The van der Waals surface area contributed by atoms with Crippen LogP contribution >= 0.6 is 0 Å². The summed E-state index contributed by atoms with van der Waals surface area (Å²) in [5, 5.41) is 23.8. The van der Waals surface area contributed by atoms with E-state index in [2.05, 4.69) is 17.2 Å². The van der Waals surface area contributed by atoms with Gasteiger partial charge < -0.3 is 14.9 Å². The van der Waals surface area contributed by atoms with Crippen LogP contribution in [0.25, 0.3) is 16.5 Å². The number of carbonyl (C=O) groups is 3. The predicted molar refractivity (Wildman–Crippen MR) is 122 cm³/mol. The van der Waals surface area contributed by atoms with Crippen molar-refractivity contribution >= 4 is 28.7 Å². The van der Waals surface area contributed by atoms with E-state index in [1.165, 1.54) is 17.5 Å². The fourth-order valence-electron chi connectivity index (χ4n) is 3.13. The molecule has 0 unspecified atom stereocenters. The highest BCUT2D eigenvalue weighted by Crippen LogP contribution is 2.18. The summed E-state index contributed by atoms with van der Waals surface area (Å²) in [6, 6.07) is 19.8. The quantitative estimate of drug-likeness (QED) is 0.430. The van der Waals surface area contributed by atoms with Crippen molar-refractivity contribution < 1.29 is 29.3 Å². The minimum absolute atomic E-state index is 0.00241. The lowest BCUT2D eigenvalue weighted by Gasteiger charge is -2.03. The largest absolute Gasteiger partial charge is 0.478 e. The highest BCUT2D eigenvalue weighted by molar-refractivity contribution is 5.94. The van der Waals surface area contributed by atoms with E-state index in [0.29, 0.717) is 17.9 Å². The Kier molecular flexibility index (Phi) is 7.20. The topological polar surface area (TPSA) is 119 Å². The molecule has 1 aromatic heterocycles. The number of rotatable bonds is 5. The Morgan fingerprint density at radius 2 is 1.52 bits per heavy atom. The maximum atomic E-state index is 11.6. The summed E-state index contributed by atoms with van der Waals surface area (Å²) < 4.78 is 6.61. The van der Waals surface area contributed by atoms with Crippen molar-refractivity contribution in [3.05, 3.63) is 95.3 Å². The molecule has 168 valence electrons. The lowest BCUT2D eigenvalue weighted by atomic mass is 10.1.